The lowest BCUT2D eigenvalue weighted by Crippen LogP contribution is -2.48. The quantitative estimate of drug-likeness (QED) is 0.437. The fraction of sp³-hybridized carbons (Fsp3) is 0.381. The fourth-order valence-electron chi connectivity index (χ4n) is 3.88. The Morgan fingerprint density at radius 3 is 2.45 bits per heavy atom. The van der Waals surface area contributed by atoms with Gasteiger partial charge >= 0.3 is 5.69 Å². The molecule has 0 unspecified atom stereocenters. The predicted molar refractivity (Wildman–Crippen MR) is 118 cm³/mol. The summed E-state index contributed by atoms with van der Waals surface area (Å²) in [5, 5.41) is 0.270. The van der Waals surface area contributed by atoms with Crippen LogP contribution in [0.4, 0.5) is 5.95 Å². The Bertz CT molecular complexity index is 1210. The van der Waals surface area contributed by atoms with Gasteiger partial charge in [-0.2, -0.15) is 0 Å². The Morgan fingerprint density at radius 2 is 1.77 bits per heavy atom. The number of carbonyl (C=O) groups excluding carboxylic acids is 1. The number of piperazine rings is 1. The van der Waals surface area contributed by atoms with Crippen LogP contribution in [0.2, 0.25) is 0 Å². The summed E-state index contributed by atoms with van der Waals surface area (Å²) in [5.74, 6) is 6.52. The Labute approximate surface area is 178 Å². The first kappa shape index (κ1) is 20.7. The monoisotopic (exact) mass is 423 g/mol. The van der Waals surface area contributed by atoms with Crippen LogP contribution in [0.25, 0.3) is 10.9 Å². The number of fused-ring (bicyclic) bond motifs is 1. The van der Waals surface area contributed by atoms with Crippen molar-refractivity contribution in [1.29, 1.82) is 0 Å². The van der Waals surface area contributed by atoms with E-state index in [2.05, 4.69) is 19.8 Å². The van der Waals surface area contributed by atoms with Crippen molar-refractivity contribution in [1.82, 2.24) is 24.1 Å². The molecule has 10 nitrogen and oxygen atoms in total. The summed E-state index contributed by atoms with van der Waals surface area (Å²) in [6.45, 7) is 5.80. The smallest absolute Gasteiger partial charge is 0.338 e. The molecule has 1 fully saturated rings. The Morgan fingerprint density at radius 1 is 1.06 bits per heavy atom. The zero-order valence-corrected chi connectivity index (χ0v) is 17.4. The van der Waals surface area contributed by atoms with Crippen LogP contribution in [0.5, 0.6) is 0 Å². The second kappa shape index (κ2) is 8.68. The fourth-order valence-corrected chi connectivity index (χ4v) is 3.88. The van der Waals surface area contributed by atoms with Crippen LogP contribution in [-0.4, -0.2) is 62.6 Å². The maximum atomic E-state index is 12.9. The molecule has 2 N–H and O–H groups in total. The van der Waals surface area contributed by atoms with E-state index in [1.165, 1.54) is 19.1 Å². The number of nitrogen functional groups attached to an aromatic ring is 1. The van der Waals surface area contributed by atoms with Crippen molar-refractivity contribution >= 4 is 22.6 Å². The summed E-state index contributed by atoms with van der Waals surface area (Å²) >= 11 is 0. The summed E-state index contributed by atoms with van der Waals surface area (Å²) in [6.07, 6.45) is 4.11. The van der Waals surface area contributed by atoms with Crippen molar-refractivity contribution in [3.63, 3.8) is 0 Å². The summed E-state index contributed by atoms with van der Waals surface area (Å²) in [6, 6.07) is 6.40. The van der Waals surface area contributed by atoms with Crippen molar-refractivity contribution in [2.75, 3.05) is 43.5 Å². The van der Waals surface area contributed by atoms with Gasteiger partial charge in [-0.25, -0.2) is 19.4 Å². The number of hydrogen-bond acceptors (Lipinski definition) is 8. The average molecular weight is 423 g/mol. The first-order valence-corrected chi connectivity index (χ1v) is 10.3. The highest BCUT2D eigenvalue weighted by atomic mass is 16.2. The molecule has 0 saturated carbocycles. The van der Waals surface area contributed by atoms with Gasteiger partial charge in [0.05, 0.1) is 10.9 Å². The lowest BCUT2D eigenvalue weighted by Gasteiger charge is -2.34. The molecule has 1 aromatic carbocycles. The SMILES string of the molecule is CC(=O)c1ccc2c(c1)c(=O)n(CCCN1CCN(c3ncccn3)CC1)c(=O)n2N. The molecule has 162 valence electrons. The van der Waals surface area contributed by atoms with E-state index in [1.54, 1.807) is 24.5 Å². The second-order valence-corrected chi connectivity index (χ2v) is 7.63. The molecule has 0 aliphatic carbocycles. The molecular formula is C21H25N7O3. The molecule has 1 aliphatic rings. The van der Waals surface area contributed by atoms with E-state index in [4.69, 9.17) is 5.84 Å². The first-order chi connectivity index (χ1) is 15.0. The minimum Gasteiger partial charge on any atom is -0.338 e. The standard InChI is InChI=1S/C21H25N7O3/c1-15(29)16-4-5-18-17(14-16)19(30)27(21(31)28(18)22)9-3-8-25-10-12-26(13-11-25)20-23-6-2-7-24-20/h2,4-7,14H,3,8-13,22H2,1H3. The minimum atomic E-state index is -0.556. The maximum absolute atomic E-state index is 12.9. The van der Waals surface area contributed by atoms with Crippen LogP contribution in [-0.2, 0) is 6.54 Å². The van der Waals surface area contributed by atoms with E-state index in [0.29, 0.717) is 17.5 Å². The molecule has 3 heterocycles. The largest absolute Gasteiger partial charge is 0.349 e. The summed E-state index contributed by atoms with van der Waals surface area (Å²) in [5.41, 5.74) is -0.250. The third-order valence-corrected chi connectivity index (χ3v) is 5.64. The number of hydrogen-bond donors (Lipinski definition) is 1. The van der Waals surface area contributed by atoms with Gasteiger partial charge in [0.15, 0.2) is 5.78 Å². The molecule has 31 heavy (non-hydrogen) atoms. The van der Waals surface area contributed by atoms with Crippen molar-refractivity contribution in [3.8, 4) is 0 Å². The Kier molecular flexibility index (Phi) is 5.81. The van der Waals surface area contributed by atoms with Gasteiger partial charge in [-0.3, -0.25) is 19.1 Å². The number of anilines is 1. The summed E-state index contributed by atoms with van der Waals surface area (Å²) in [7, 11) is 0. The number of rotatable bonds is 6. The molecule has 2 aromatic heterocycles. The highest BCUT2D eigenvalue weighted by Gasteiger charge is 2.19. The zero-order chi connectivity index (χ0) is 22.0. The van der Waals surface area contributed by atoms with Gasteiger partial charge < -0.3 is 10.7 Å². The highest BCUT2D eigenvalue weighted by molar-refractivity contribution is 5.97. The number of nitrogens with two attached hydrogens (primary N) is 1. The molecule has 0 spiro atoms. The molecule has 1 aliphatic heterocycles. The van der Waals surface area contributed by atoms with Crippen LogP contribution in [0, 0.1) is 0 Å². The number of ketones is 1. The molecule has 0 amide bonds. The third kappa shape index (κ3) is 4.19. The Hall–Kier alpha value is -3.53. The normalized spacial score (nSPS) is 14.8. The lowest BCUT2D eigenvalue weighted by atomic mass is 10.1. The van der Waals surface area contributed by atoms with Gasteiger partial charge in [-0.1, -0.05) is 0 Å². The van der Waals surface area contributed by atoms with Gasteiger partial charge in [0.25, 0.3) is 5.56 Å². The molecule has 0 bridgehead atoms. The van der Waals surface area contributed by atoms with Gasteiger partial charge in [0, 0.05) is 50.7 Å². The van der Waals surface area contributed by atoms with Crippen LogP contribution < -0.4 is 22.0 Å². The van der Waals surface area contributed by atoms with E-state index in [0.717, 1.165) is 47.9 Å². The van der Waals surface area contributed by atoms with Crippen molar-refractivity contribution in [2.45, 2.75) is 19.9 Å². The molecular weight excluding hydrogens is 398 g/mol. The van der Waals surface area contributed by atoms with Crippen LogP contribution >= 0.6 is 0 Å². The van der Waals surface area contributed by atoms with Gasteiger partial charge in [0.1, 0.15) is 0 Å². The summed E-state index contributed by atoms with van der Waals surface area (Å²) in [4.78, 5) is 50.2. The van der Waals surface area contributed by atoms with E-state index >= 15 is 0 Å². The van der Waals surface area contributed by atoms with E-state index in [9.17, 15) is 14.4 Å². The number of Topliss-reactive ketones (excluding diaryl/α,β-unsaturated/α-hetero) is 1. The molecule has 4 rings (SSSR count). The average Bonchev–Trinajstić information content (AvgIpc) is 2.80. The minimum absolute atomic E-state index is 0.150. The molecule has 3 aromatic rings. The van der Waals surface area contributed by atoms with Gasteiger partial charge in [-0.05, 0) is 44.2 Å². The van der Waals surface area contributed by atoms with Gasteiger partial charge in [-0.15, -0.1) is 0 Å². The molecule has 1 saturated heterocycles. The van der Waals surface area contributed by atoms with Crippen molar-refractivity contribution in [2.24, 2.45) is 0 Å². The van der Waals surface area contributed by atoms with Gasteiger partial charge in [0.2, 0.25) is 5.95 Å². The van der Waals surface area contributed by atoms with Crippen molar-refractivity contribution in [3.05, 3.63) is 63.1 Å². The van der Waals surface area contributed by atoms with Crippen LogP contribution in [0.3, 0.4) is 0 Å². The Balaban J connectivity index is 1.43. The lowest BCUT2D eigenvalue weighted by molar-refractivity contribution is 0.101. The van der Waals surface area contributed by atoms with Crippen molar-refractivity contribution < 1.29 is 4.79 Å². The first-order valence-electron chi connectivity index (χ1n) is 10.3. The maximum Gasteiger partial charge on any atom is 0.349 e. The number of aromatic nitrogens is 4. The zero-order valence-electron chi connectivity index (χ0n) is 17.4. The second-order valence-electron chi connectivity index (χ2n) is 7.63. The predicted octanol–water partition coefficient (Wildman–Crippen LogP) is 0.0819. The van der Waals surface area contributed by atoms with E-state index < -0.39 is 11.2 Å². The van der Waals surface area contributed by atoms with E-state index in [1.807, 2.05) is 0 Å². The third-order valence-electron chi connectivity index (χ3n) is 5.64. The van der Waals surface area contributed by atoms with Crippen LogP contribution in [0.1, 0.15) is 23.7 Å². The molecule has 0 radical (unpaired) electrons. The van der Waals surface area contributed by atoms with E-state index in [-0.39, 0.29) is 17.7 Å². The molecule has 10 heteroatoms. The summed E-state index contributed by atoms with van der Waals surface area (Å²) < 4.78 is 2.12. The number of carbonyl (C=O) groups is 1. The number of nitrogens with zero attached hydrogens (tertiary/aromatic N) is 6. The number of benzene rings is 1. The van der Waals surface area contributed by atoms with Crippen LogP contribution in [0.15, 0.2) is 46.2 Å². The molecule has 0 atom stereocenters. The highest BCUT2D eigenvalue weighted by Crippen LogP contribution is 2.12. The topological polar surface area (TPSA) is 119 Å².